The first-order valence-electron chi connectivity index (χ1n) is 7.30. The highest BCUT2D eigenvalue weighted by Crippen LogP contribution is 2.21. The van der Waals surface area contributed by atoms with Crippen LogP contribution in [-0.2, 0) is 16.0 Å². The van der Waals surface area contributed by atoms with Crippen LogP contribution >= 0.6 is 0 Å². The highest BCUT2D eigenvalue weighted by molar-refractivity contribution is 5.12. The van der Waals surface area contributed by atoms with Crippen molar-refractivity contribution in [3.8, 4) is 0 Å². The molecule has 6 heteroatoms. The summed E-state index contributed by atoms with van der Waals surface area (Å²) in [6, 6.07) is 3.48. The second kappa shape index (κ2) is 6.89. The number of ether oxygens (including phenoxy) is 2. The maximum absolute atomic E-state index is 10.3. The quantitative estimate of drug-likeness (QED) is 0.883. The molecule has 0 unspecified atom stereocenters. The Morgan fingerprint density at radius 3 is 3.19 bits per heavy atom. The van der Waals surface area contributed by atoms with Crippen molar-refractivity contribution in [2.45, 2.75) is 38.2 Å². The van der Waals surface area contributed by atoms with E-state index < -0.39 is 6.10 Å². The zero-order chi connectivity index (χ0) is 14.5. The van der Waals surface area contributed by atoms with E-state index in [-0.39, 0.29) is 6.29 Å². The van der Waals surface area contributed by atoms with Crippen molar-refractivity contribution < 1.29 is 19.0 Å². The Labute approximate surface area is 123 Å². The Bertz CT molecular complexity index is 532. The van der Waals surface area contributed by atoms with Gasteiger partial charge in [0.25, 0.3) is 0 Å². The molecule has 6 nitrogen and oxygen atoms in total. The first-order valence-corrected chi connectivity index (χ1v) is 7.30. The largest absolute Gasteiger partial charge is 0.466 e. The van der Waals surface area contributed by atoms with E-state index in [1.807, 2.05) is 10.8 Å². The molecule has 0 radical (unpaired) electrons. The zero-order valence-electron chi connectivity index (χ0n) is 11.9. The number of imidazole rings is 1. The van der Waals surface area contributed by atoms with Crippen molar-refractivity contribution in [3.63, 3.8) is 0 Å². The van der Waals surface area contributed by atoms with E-state index >= 15 is 0 Å². The van der Waals surface area contributed by atoms with Gasteiger partial charge in [-0.3, -0.25) is 0 Å². The average molecular weight is 292 g/mol. The van der Waals surface area contributed by atoms with Crippen LogP contribution in [0.25, 0.3) is 0 Å². The molecule has 0 spiro atoms. The van der Waals surface area contributed by atoms with Gasteiger partial charge in [0.15, 0.2) is 12.4 Å². The molecule has 1 aliphatic rings. The Kier molecular flexibility index (Phi) is 4.69. The molecular formula is C15H20N2O4. The fraction of sp³-hybridized carbons (Fsp3) is 0.533. The fourth-order valence-electron chi connectivity index (χ4n) is 2.46. The topological polar surface area (TPSA) is 69.7 Å². The van der Waals surface area contributed by atoms with E-state index in [4.69, 9.17) is 13.9 Å². The van der Waals surface area contributed by atoms with E-state index in [1.54, 1.807) is 18.3 Å². The number of rotatable bonds is 6. The van der Waals surface area contributed by atoms with Gasteiger partial charge in [0.2, 0.25) is 0 Å². The fourth-order valence-corrected chi connectivity index (χ4v) is 2.46. The summed E-state index contributed by atoms with van der Waals surface area (Å²) in [4.78, 5) is 4.20. The van der Waals surface area contributed by atoms with Crippen LogP contribution in [0.2, 0.25) is 0 Å². The van der Waals surface area contributed by atoms with E-state index in [1.165, 1.54) is 6.26 Å². The van der Waals surface area contributed by atoms with Gasteiger partial charge in [0, 0.05) is 25.5 Å². The predicted octanol–water partition coefficient (Wildman–Crippen LogP) is 2.10. The molecule has 3 rings (SSSR count). The second-order valence-electron chi connectivity index (χ2n) is 5.06. The second-order valence-corrected chi connectivity index (χ2v) is 5.06. The summed E-state index contributed by atoms with van der Waals surface area (Å²) >= 11 is 0. The molecule has 2 aromatic rings. The smallest absolute Gasteiger partial charge is 0.169 e. The summed E-state index contributed by atoms with van der Waals surface area (Å²) in [5.74, 6) is 1.04. The Balaban J connectivity index is 1.55. The molecule has 21 heavy (non-hydrogen) atoms. The third kappa shape index (κ3) is 3.53. The van der Waals surface area contributed by atoms with Crippen LogP contribution in [-0.4, -0.2) is 34.2 Å². The molecule has 1 saturated heterocycles. The molecule has 0 aliphatic carbocycles. The molecule has 0 aromatic carbocycles. The molecule has 1 N–H and O–H groups in total. The first-order chi connectivity index (χ1) is 10.3. The third-order valence-electron chi connectivity index (χ3n) is 3.58. The SMILES string of the molecule is O[C@H](c1ccco1)c1nccn1CCO[C@@H]1CCCCO1. The van der Waals surface area contributed by atoms with Crippen LogP contribution in [0.5, 0.6) is 0 Å². The molecule has 0 bridgehead atoms. The minimum Gasteiger partial charge on any atom is -0.466 e. The van der Waals surface area contributed by atoms with Gasteiger partial charge < -0.3 is 23.6 Å². The number of hydrogen-bond acceptors (Lipinski definition) is 5. The van der Waals surface area contributed by atoms with Crippen LogP contribution in [0, 0.1) is 0 Å². The highest BCUT2D eigenvalue weighted by atomic mass is 16.7. The molecule has 0 saturated carbocycles. The van der Waals surface area contributed by atoms with Crippen molar-refractivity contribution in [1.82, 2.24) is 9.55 Å². The van der Waals surface area contributed by atoms with Gasteiger partial charge in [-0.15, -0.1) is 0 Å². The molecular weight excluding hydrogens is 272 g/mol. The van der Waals surface area contributed by atoms with Crippen molar-refractivity contribution in [2.24, 2.45) is 0 Å². The van der Waals surface area contributed by atoms with Crippen molar-refractivity contribution in [2.75, 3.05) is 13.2 Å². The summed E-state index contributed by atoms with van der Waals surface area (Å²) in [7, 11) is 0. The van der Waals surface area contributed by atoms with Gasteiger partial charge in [0.1, 0.15) is 11.6 Å². The molecule has 3 heterocycles. The molecule has 0 amide bonds. The maximum Gasteiger partial charge on any atom is 0.169 e. The lowest BCUT2D eigenvalue weighted by Crippen LogP contribution is -2.24. The monoisotopic (exact) mass is 292 g/mol. The average Bonchev–Trinajstić information content (AvgIpc) is 3.19. The summed E-state index contributed by atoms with van der Waals surface area (Å²) in [6.45, 7) is 1.92. The van der Waals surface area contributed by atoms with E-state index in [0.29, 0.717) is 24.7 Å². The molecule has 2 atom stereocenters. The number of aliphatic hydroxyl groups is 1. The lowest BCUT2D eigenvalue weighted by Gasteiger charge is -2.23. The Morgan fingerprint density at radius 1 is 1.48 bits per heavy atom. The van der Waals surface area contributed by atoms with Gasteiger partial charge in [-0.2, -0.15) is 0 Å². The van der Waals surface area contributed by atoms with Gasteiger partial charge in [0.05, 0.1) is 12.9 Å². The van der Waals surface area contributed by atoms with Gasteiger partial charge in [-0.05, 0) is 31.4 Å². The van der Waals surface area contributed by atoms with Crippen LogP contribution in [0.1, 0.15) is 37.0 Å². The lowest BCUT2D eigenvalue weighted by molar-refractivity contribution is -0.163. The number of aromatic nitrogens is 2. The third-order valence-corrected chi connectivity index (χ3v) is 3.58. The van der Waals surface area contributed by atoms with Crippen LogP contribution in [0.3, 0.4) is 0 Å². The molecule has 1 aliphatic heterocycles. The number of aliphatic hydroxyl groups excluding tert-OH is 1. The van der Waals surface area contributed by atoms with E-state index in [9.17, 15) is 5.11 Å². The van der Waals surface area contributed by atoms with Crippen LogP contribution in [0.15, 0.2) is 35.2 Å². The predicted molar refractivity (Wildman–Crippen MR) is 74.5 cm³/mol. The summed E-state index contributed by atoms with van der Waals surface area (Å²) in [5, 5.41) is 10.3. The Morgan fingerprint density at radius 2 is 2.43 bits per heavy atom. The van der Waals surface area contributed by atoms with E-state index in [2.05, 4.69) is 4.98 Å². The minimum atomic E-state index is -0.860. The molecule has 2 aromatic heterocycles. The summed E-state index contributed by atoms with van der Waals surface area (Å²) < 4.78 is 18.3. The number of furan rings is 1. The van der Waals surface area contributed by atoms with Crippen molar-refractivity contribution in [3.05, 3.63) is 42.4 Å². The van der Waals surface area contributed by atoms with Crippen molar-refractivity contribution >= 4 is 0 Å². The summed E-state index contributed by atoms with van der Waals surface area (Å²) in [5.41, 5.74) is 0. The van der Waals surface area contributed by atoms with Crippen LogP contribution in [0.4, 0.5) is 0 Å². The Hall–Kier alpha value is -1.63. The van der Waals surface area contributed by atoms with Crippen LogP contribution < -0.4 is 0 Å². The minimum absolute atomic E-state index is 0.0966. The van der Waals surface area contributed by atoms with Crippen molar-refractivity contribution in [1.29, 1.82) is 0 Å². The zero-order valence-corrected chi connectivity index (χ0v) is 11.9. The lowest BCUT2D eigenvalue weighted by atomic mass is 10.2. The van der Waals surface area contributed by atoms with Gasteiger partial charge in [-0.25, -0.2) is 4.98 Å². The highest BCUT2D eigenvalue weighted by Gasteiger charge is 2.19. The van der Waals surface area contributed by atoms with Gasteiger partial charge >= 0.3 is 0 Å². The van der Waals surface area contributed by atoms with E-state index in [0.717, 1.165) is 25.9 Å². The maximum atomic E-state index is 10.3. The van der Waals surface area contributed by atoms with Gasteiger partial charge in [-0.1, -0.05) is 0 Å². The summed E-state index contributed by atoms with van der Waals surface area (Å²) in [6.07, 6.45) is 7.28. The standard InChI is InChI=1S/C15H20N2O4/c18-14(12-4-3-10-19-12)15-16-6-7-17(15)8-11-21-13-5-1-2-9-20-13/h3-4,6-7,10,13-14,18H,1-2,5,8-9,11H2/t13-,14-/m1/s1. The molecule has 114 valence electrons. The normalized spacial score (nSPS) is 20.5. The molecule has 1 fully saturated rings. The number of nitrogens with zero attached hydrogens (tertiary/aromatic N) is 2. The number of hydrogen-bond donors (Lipinski definition) is 1. The first kappa shape index (κ1) is 14.3.